The van der Waals surface area contributed by atoms with Crippen LogP contribution in [0.1, 0.15) is 24.0 Å². The summed E-state index contributed by atoms with van der Waals surface area (Å²) in [6, 6.07) is 18.2. The van der Waals surface area contributed by atoms with E-state index < -0.39 is 23.8 Å². The second-order valence-corrected chi connectivity index (χ2v) is 9.73. The van der Waals surface area contributed by atoms with Crippen molar-refractivity contribution >= 4 is 23.7 Å². The number of piperidine rings is 1. The van der Waals surface area contributed by atoms with Crippen molar-refractivity contribution in [3.63, 3.8) is 0 Å². The van der Waals surface area contributed by atoms with Crippen LogP contribution in [-0.2, 0) is 32.3 Å². The van der Waals surface area contributed by atoms with Crippen LogP contribution in [0.4, 0.5) is 4.79 Å². The number of hydrazine groups is 1. The highest BCUT2D eigenvalue weighted by Gasteiger charge is 2.52. The lowest BCUT2D eigenvalue weighted by Crippen LogP contribution is -2.70. The summed E-state index contributed by atoms with van der Waals surface area (Å²) >= 11 is 0. The summed E-state index contributed by atoms with van der Waals surface area (Å²) in [7, 11) is 1.67. The second kappa shape index (κ2) is 12.7. The highest BCUT2D eigenvalue weighted by Crippen LogP contribution is 2.36. The molecule has 1 unspecified atom stereocenters. The predicted octanol–water partition coefficient (Wildman–Crippen LogP) is 2.15. The molecular formula is C28H34N4O6. The molecule has 2 fully saturated rings. The van der Waals surface area contributed by atoms with E-state index in [0.717, 1.165) is 11.1 Å². The van der Waals surface area contributed by atoms with Gasteiger partial charge in [-0.3, -0.25) is 19.4 Å². The number of ketones is 1. The maximum atomic E-state index is 13.5. The number of likely N-dealkylation sites (N-methyl/N-ethyl adjacent to an activating group) is 1. The number of carbonyl (C=O) groups is 4. The van der Waals surface area contributed by atoms with Gasteiger partial charge < -0.3 is 20.1 Å². The average Bonchev–Trinajstić information content (AvgIpc) is 2.91. The number of hydrogen-bond donors (Lipinski definition) is 2. The van der Waals surface area contributed by atoms with Gasteiger partial charge in [-0.1, -0.05) is 60.7 Å². The van der Waals surface area contributed by atoms with E-state index in [9.17, 15) is 24.3 Å². The Labute approximate surface area is 222 Å². The Morgan fingerprint density at radius 1 is 1.03 bits per heavy atom. The van der Waals surface area contributed by atoms with Gasteiger partial charge in [-0.15, -0.1) is 0 Å². The van der Waals surface area contributed by atoms with Crippen LogP contribution >= 0.6 is 0 Å². The molecule has 0 aromatic heterocycles. The largest absolute Gasteiger partial charge is 0.481 e. The Hall–Kier alpha value is -3.76. The number of carboxylic acid groups (broad SMARTS) is 1. The molecule has 10 nitrogen and oxygen atoms in total. The number of aliphatic carboxylic acids is 1. The first kappa shape index (κ1) is 27.3. The molecule has 202 valence electrons. The average molecular weight is 523 g/mol. The van der Waals surface area contributed by atoms with Crippen LogP contribution in [0.2, 0.25) is 0 Å². The molecule has 3 atom stereocenters. The van der Waals surface area contributed by atoms with Gasteiger partial charge in [0.05, 0.1) is 37.6 Å². The van der Waals surface area contributed by atoms with Crippen LogP contribution in [0.3, 0.4) is 0 Å². The van der Waals surface area contributed by atoms with E-state index in [2.05, 4.69) is 5.32 Å². The maximum Gasteiger partial charge on any atom is 0.332 e. The van der Waals surface area contributed by atoms with E-state index in [1.807, 2.05) is 60.7 Å². The van der Waals surface area contributed by atoms with Crippen molar-refractivity contribution in [3.8, 4) is 0 Å². The quantitative estimate of drug-likeness (QED) is 0.459. The number of rotatable bonds is 10. The van der Waals surface area contributed by atoms with Gasteiger partial charge in [0.25, 0.3) is 0 Å². The number of urea groups is 1. The molecule has 2 N–H and O–H groups in total. The SMILES string of the molecule is CN1CC(=O)C2[C@@H](CCC(=O)O)C(=O)N(CCOCc3ccccc3)C[C@@H]2N1C(=O)NCc1ccccc1. The Balaban J connectivity index is 1.49. The topological polar surface area (TPSA) is 119 Å². The number of fused-ring (bicyclic) bond motifs is 1. The number of likely N-dealkylation sites (tertiary alicyclic amines) is 1. The van der Waals surface area contributed by atoms with Gasteiger partial charge in [-0.05, 0) is 17.5 Å². The van der Waals surface area contributed by atoms with Crippen LogP contribution < -0.4 is 5.32 Å². The van der Waals surface area contributed by atoms with Gasteiger partial charge in [0.2, 0.25) is 5.91 Å². The lowest BCUT2D eigenvalue weighted by atomic mass is 9.74. The zero-order chi connectivity index (χ0) is 27.1. The van der Waals surface area contributed by atoms with E-state index in [1.165, 1.54) is 5.01 Å². The Kier molecular flexibility index (Phi) is 9.09. The number of hydrogen-bond acceptors (Lipinski definition) is 6. The third-order valence-corrected chi connectivity index (χ3v) is 7.10. The summed E-state index contributed by atoms with van der Waals surface area (Å²) in [5, 5.41) is 15.3. The van der Waals surface area contributed by atoms with Gasteiger partial charge in [-0.25, -0.2) is 9.80 Å². The Morgan fingerprint density at radius 3 is 2.34 bits per heavy atom. The van der Waals surface area contributed by atoms with Crippen LogP contribution in [0.25, 0.3) is 0 Å². The van der Waals surface area contributed by atoms with Crippen LogP contribution in [-0.4, -0.2) is 83.0 Å². The molecule has 10 heteroatoms. The van der Waals surface area contributed by atoms with E-state index in [-0.39, 0.29) is 56.8 Å². The van der Waals surface area contributed by atoms with E-state index in [4.69, 9.17) is 4.74 Å². The number of Topliss-reactive ketones (excluding diaryl/α,β-unsaturated/α-hetero) is 1. The first-order chi connectivity index (χ1) is 18.3. The predicted molar refractivity (Wildman–Crippen MR) is 138 cm³/mol. The number of benzene rings is 2. The fourth-order valence-electron chi connectivity index (χ4n) is 5.30. The van der Waals surface area contributed by atoms with Crippen molar-refractivity contribution in [3.05, 3.63) is 71.8 Å². The first-order valence-electron chi connectivity index (χ1n) is 12.8. The number of carboxylic acids is 1. The summed E-state index contributed by atoms with van der Waals surface area (Å²) in [5.41, 5.74) is 1.95. The van der Waals surface area contributed by atoms with Gasteiger partial charge in [0.15, 0.2) is 5.78 Å². The van der Waals surface area contributed by atoms with E-state index >= 15 is 0 Å². The maximum absolute atomic E-state index is 13.5. The van der Waals surface area contributed by atoms with Gasteiger partial charge in [0.1, 0.15) is 0 Å². The fourth-order valence-corrected chi connectivity index (χ4v) is 5.30. The van der Waals surface area contributed by atoms with Crippen LogP contribution in [0, 0.1) is 11.8 Å². The lowest BCUT2D eigenvalue weighted by Gasteiger charge is -2.52. The summed E-state index contributed by atoms with van der Waals surface area (Å²) in [6.07, 6.45) is -0.201. The summed E-state index contributed by atoms with van der Waals surface area (Å²) in [4.78, 5) is 52.9. The molecule has 2 aromatic rings. The van der Waals surface area contributed by atoms with Crippen molar-refractivity contribution in [1.82, 2.24) is 20.2 Å². The van der Waals surface area contributed by atoms with Crippen molar-refractivity contribution in [1.29, 1.82) is 0 Å². The molecule has 0 spiro atoms. The van der Waals surface area contributed by atoms with Crippen molar-refractivity contribution in [2.45, 2.75) is 32.0 Å². The van der Waals surface area contributed by atoms with Gasteiger partial charge >= 0.3 is 12.0 Å². The highest BCUT2D eigenvalue weighted by atomic mass is 16.5. The third kappa shape index (κ3) is 6.56. The molecule has 2 aliphatic rings. The highest BCUT2D eigenvalue weighted by molar-refractivity contribution is 5.93. The minimum Gasteiger partial charge on any atom is -0.481 e. The normalized spacial score (nSPS) is 21.8. The number of ether oxygens (including phenoxy) is 1. The smallest absolute Gasteiger partial charge is 0.332 e. The van der Waals surface area contributed by atoms with E-state index in [0.29, 0.717) is 13.2 Å². The molecule has 38 heavy (non-hydrogen) atoms. The van der Waals surface area contributed by atoms with Crippen molar-refractivity contribution < 1.29 is 29.0 Å². The molecule has 2 saturated heterocycles. The zero-order valence-electron chi connectivity index (χ0n) is 21.5. The fraction of sp³-hybridized carbons (Fsp3) is 0.429. The number of nitrogens with one attached hydrogen (secondary N) is 1. The van der Waals surface area contributed by atoms with Crippen molar-refractivity contribution in [2.24, 2.45) is 11.8 Å². The first-order valence-corrected chi connectivity index (χ1v) is 12.8. The van der Waals surface area contributed by atoms with Crippen LogP contribution in [0.15, 0.2) is 60.7 Å². The molecule has 2 aromatic carbocycles. The minimum absolute atomic E-state index is 0.0308. The molecule has 3 amide bonds. The van der Waals surface area contributed by atoms with Crippen molar-refractivity contribution in [2.75, 3.05) is 33.3 Å². The van der Waals surface area contributed by atoms with Gasteiger partial charge in [-0.2, -0.15) is 0 Å². The standard InChI is InChI=1S/C28H34N4O6/c1-30-18-24(33)26-22(12-13-25(34)35)27(36)31(14-15-38-19-21-10-6-3-7-11-21)17-23(26)32(30)28(37)29-16-20-8-4-2-5-9-20/h2-11,22-23,26H,12-19H2,1H3,(H,29,37)(H,34,35)/t22-,23+,26?/m1/s1. The summed E-state index contributed by atoms with van der Waals surface area (Å²) < 4.78 is 5.79. The van der Waals surface area contributed by atoms with Gasteiger partial charge in [0, 0.05) is 33.1 Å². The molecule has 2 aliphatic heterocycles. The monoisotopic (exact) mass is 522 g/mol. The minimum atomic E-state index is -1.03. The molecule has 0 bridgehead atoms. The molecule has 0 radical (unpaired) electrons. The lowest BCUT2D eigenvalue weighted by molar-refractivity contribution is -0.167. The Bertz CT molecular complexity index is 1130. The van der Waals surface area contributed by atoms with Crippen LogP contribution in [0.5, 0.6) is 0 Å². The number of carbonyl (C=O) groups excluding carboxylic acids is 3. The molecule has 0 aliphatic carbocycles. The third-order valence-electron chi connectivity index (χ3n) is 7.10. The molecule has 0 saturated carbocycles. The number of amides is 3. The Morgan fingerprint density at radius 2 is 1.68 bits per heavy atom. The zero-order valence-corrected chi connectivity index (χ0v) is 21.5. The van der Waals surface area contributed by atoms with E-state index in [1.54, 1.807) is 17.0 Å². The molecule has 4 rings (SSSR count). The second-order valence-electron chi connectivity index (χ2n) is 9.73. The number of nitrogens with zero attached hydrogens (tertiary/aromatic N) is 3. The summed E-state index contributed by atoms with van der Waals surface area (Å²) in [5.74, 6) is -3.03. The molecular weight excluding hydrogens is 488 g/mol. The molecule has 2 heterocycles. The summed E-state index contributed by atoms with van der Waals surface area (Å²) in [6.45, 7) is 1.39.